The Morgan fingerprint density at radius 1 is 0.938 bits per heavy atom. The van der Waals surface area contributed by atoms with Gasteiger partial charge in [0.15, 0.2) is 0 Å². The third kappa shape index (κ3) is 5.75. The Bertz CT molecular complexity index is 1190. The maximum atomic E-state index is 13.0. The zero-order valence-electron chi connectivity index (χ0n) is 18.8. The van der Waals surface area contributed by atoms with E-state index in [-0.39, 0.29) is 16.8 Å². The molecule has 2 N–H and O–H groups in total. The van der Waals surface area contributed by atoms with Crippen LogP contribution >= 0.6 is 0 Å². The lowest BCUT2D eigenvalue weighted by Gasteiger charge is -2.25. The number of aryl methyl sites for hydroxylation is 2. The fraction of sp³-hybridized carbons (Fsp3) is 0.240. The number of carbonyl (C=O) groups excluding carboxylic acids is 1. The lowest BCUT2D eigenvalue weighted by Crippen LogP contribution is -2.35. The molecular formula is C25H29N3O3S. The van der Waals surface area contributed by atoms with Gasteiger partial charge in [-0.2, -0.15) is 0 Å². The van der Waals surface area contributed by atoms with Crippen molar-refractivity contribution in [2.75, 3.05) is 25.4 Å². The number of sulfonamides is 1. The molecule has 0 radical (unpaired) electrons. The Morgan fingerprint density at radius 2 is 1.66 bits per heavy atom. The van der Waals surface area contributed by atoms with E-state index in [1.54, 1.807) is 31.2 Å². The Kier molecular flexibility index (Phi) is 7.33. The molecule has 7 heteroatoms. The normalized spacial score (nSPS) is 12.4. The van der Waals surface area contributed by atoms with Gasteiger partial charge >= 0.3 is 0 Å². The molecule has 0 saturated carbocycles. The maximum Gasteiger partial charge on any atom is 0.261 e. The molecule has 0 spiro atoms. The standard InChI is InChI=1S/C25H29N3O3S/c1-18-9-8-12-21(15-18)27-32(30,31)22-14-13-19(2)23(16-22)25(29)26-17-24(28(3)4)20-10-6-5-7-11-20/h5-16,24,27H,17H2,1-4H3,(H,26,29)/t24-/m1/s1. The van der Waals surface area contributed by atoms with E-state index in [0.717, 1.165) is 11.1 Å². The van der Waals surface area contributed by atoms with E-state index in [1.807, 2.05) is 62.3 Å². The lowest BCUT2D eigenvalue weighted by atomic mass is 10.1. The van der Waals surface area contributed by atoms with Crippen LogP contribution in [-0.4, -0.2) is 39.9 Å². The number of benzene rings is 3. The van der Waals surface area contributed by atoms with Gasteiger partial charge in [0.05, 0.1) is 10.9 Å². The molecule has 0 aliphatic rings. The van der Waals surface area contributed by atoms with Crippen LogP contribution in [0.3, 0.4) is 0 Å². The molecule has 168 valence electrons. The van der Waals surface area contributed by atoms with E-state index in [9.17, 15) is 13.2 Å². The van der Waals surface area contributed by atoms with Crippen LogP contribution in [-0.2, 0) is 10.0 Å². The van der Waals surface area contributed by atoms with Gasteiger partial charge in [0.1, 0.15) is 0 Å². The van der Waals surface area contributed by atoms with E-state index in [2.05, 4.69) is 10.0 Å². The van der Waals surface area contributed by atoms with Gasteiger partial charge in [-0.1, -0.05) is 48.5 Å². The summed E-state index contributed by atoms with van der Waals surface area (Å²) in [5.41, 5.74) is 3.56. The molecule has 3 aromatic rings. The van der Waals surface area contributed by atoms with Gasteiger partial charge in [0, 0.05) is 17.8 Å². The Hall–Kier alpha value is -3.16. The predicted octanol–water partition coefficient (Wildman–Crippen LogP) is 4.14. The molecular weight excluding hydrogens is 422 g/mol. The van der Waals surface area contributed by atoms with Crippen LogP contribution in [0.25, 0.3) is 0 Å². The number of amides is 1. The molecule has 0 aliphatic carbocycles. The summed E-state index contributed by atoms with van der Waals surface area (Å²) in [4.78, 5) is 15.0. The molecule has 3 rings (SSSR count). The number of hydrogen-bond donors (Lipinski definition) is 2. The Morgan fingerprint density at radius 3 is 2.31 bits per heavy atom. The summed E-state index contributed by atoms with van der Waals surface area (Å²) in [5.74, 6) is -0.308. The number of nitrogens with one attached hydrogen (secondary N) is 2. The zero-order chi connectivity index (χ0) is 23.3. The molecule has 0 aliphatic heterocycles. The van der Waals surface area contributed by atoms with E-state index >= 15 is 0 Å². The van der Waals surface area contributed by atoms with E-state index in [0.29, 0.717) is 23.4 Å². The topological polar surface area (TPSA) is 78.5 Å². The summed E-state index contributed by atoms with van der Waals surface area (Å²) < 4.78 is 28.4. The lowest BCUT2D eigenvalue weighted by molar-refractivity contribution is 0.0941. The van der Waals surface area contributed by atoms with Crippen molar-refractivity contribution in [1.29, 1.82) is 0 Å². The molecule has 0 saturated heterocycles. The first kappa shape index (κ1) is 23.5. The van der Waals surface area contributed by atoms with Crippen LogP contribution in [0.1, 0.15) is 33.1 Å². The van der Waals surface area contributed by atoms with Crippen LogP contribution < -0.4 is 10.0 Å². The second-order valence-electron chi connectivity index (χ2n) is 8.05. The number of hydrogen-bond acceptors (Lipinski definition) is 4. The summed E-state index contributed by atoms with van der Waals surface area (Å²) >= 11 is 0. The highest BCUT2D eigenvalue weighted by atomic mass is 32.2. The third-order valence-corrected chi connectivity index (χ3v) is 6.68. The van der Waals surface area contributed by atoms with E-state index in [1.165, 1.54) is 12.1 Å². The fourth-order valence-corrected chi connectivity index (χ4v) is 4.57. The number of anilines is 1. The average Bonchev–Trinajstić information content (AvgIpc) is 2.74. The summed E-state index contributed by atoms with van der Waals surface area (Å²) in [6, 6.07) is 21.6. The van der Waals surface area contributed by atoms with Crippen molar-refractivity contribution >= 4 is 21.6 Å². The van der Waals surface area contributed by atoms with Crippen molar-refractivity contribution in [2.45, 2.75) is 24.8 Å². The van der Waals surface area contributed by atoms with Crippen LogP contribution in [0.4, 0.5) is 5.69 Å². The van der Waals surface area contributed by atoms with E-state index < -0.39 is 10.0 Å². The molecule has 1 amide bonds. The van der Waals surface area contributed by atoms with Gasteiger partial charge < -0.3 is 10.2 Å². The van der Waals surface area contributed by atoms with Crippen LogP contribution in [0.2, 0.25) is 0 Å². The quantitative estimate of drug-likeness (QED) is 0.540. The molecule has 0 fully saturated rings. The third-order valence-electron chi connectivity index (χ3n) is 5.30. The van der Waals surface area contributed by atoms with Gasteiger partial charge in [-0.25, -0.2) is 8.42 Å². The second-order valence-corrected chi connectivity index (χ2v) is 9.73. The van der Waals surface area contributed by atoms with Gasteiger partial charge in [-0.3, -0.25) is 9.52 Å². The second kappa shape index (κ2) is 9.97. The summed E-state index contributed by atoms with van der Waals surface area (Å²) in [7, 11) is 0.0864. The molecule has 1 atom stereocenters. The first-order chi connectivity index (χ1) is 15.2. The van der Waals surface area contributed by atoms with Crippen molar-refractivity contribution in [1.82, 2.24) is 10.2 Å². The minimum absolute atomic E-state index is 0.00430. The number of carbonyl (C=O) groups is 1. The minimum atomic E-state index is -3.83. The van der Waals surface area contributed by atoms with Crippen LogP contribution in [0.15, 0.2) is 77.7 Å². The molecule has 0 unspecified atom stereocenters. The Labute approximate surface area is 190 Å². The average molecular weight is 452 g/mol. The first-order valence-corrected chi connectivity index (χ1v) is 11.9. The highest BCUT2D eigenvalue weighted by Crippen LogP contribution is 2.21. The smallest absolute Gasteiger partial charge is 0.261 e. The highest BCUT2D eigenvalue weighted by Gasteiger charge is 2.20. The van der Waals surface area contributed by atoms with Gasteiger partial charge in [0.25, 0.3) is 15.9 Å². The van der Waals surface area contributed by atoms with Gasteiger partial charge in [-0.05, 0) is 68.9 Å². The summed E-state index contributed by atoms with van der Waals surface area (Å²) in [6.07, 6.45) is 0. The first-order valence-electron chi connectivity index (χ1n) is 10.4. The number of nitrogens with zero attached hydrogens (tertiary/aromatic N) is 1. The van der Waals surface area contributed by atoms with Crippen molar-refractivity contribution in [2.24, 2.45) is 0 Å². The molecule has 3 aromatic carbocycles. The van der Waals surface area contributed by atoms with Crippen LogP contribution in [0, 0.1) is 13.8 Å². The molecule has 6 nitrogen and oxygen atoms in total. The summed E-state index contributed by atoms with van der Waals surface area (Å²) in [5, 5.41) is 2.96. The fourth-order valence-electron chi connectivity index (χ4n) is 3.49. The molecule has 0 heterocycles. The van der Waals surface area contributed by atoms with Crippen molar-refractivity contribution in [3.63, 3.8) is 0 Å². The van der Waals surface area contributed by atoms with Crippen LogP contribution in [0.5, 0.6) is 0 Å². The monoisotopic (exact) mass is 451 g/mol. The van der Waals surface area contributed by atoms with Crippen molar-refractivity contribution in [3.05, 3.63) is 95.1 Å². The Balaban J connectivity index is 1.79. The molecule has 0 aromatic heterocycles. The number of likely N-dealkylation sites (N-methyl/N-ethyl adjacent to an activating group) is 1. The molecule has 0 bridgehead atoms. The predicted molar refractivity (Wildman–Crippen MR) is 128 cm³/mol. The minimum Gasteiger partial charge on any atom is -0.350 e. The van der Waals surface area contributed by atoms with E-state index in [4.69, 9.17) is 0 Å². The largest absolute Gasteiger partial charge is 0.350 e. The SMILES string of the molecule is Cc1cccc(NS(=O)(=O)c2ccc(C)c(C(=O)NC[C@H](c3ccccc3)N(C)C)c2)c1. The molecule has 32 heavy (non-hydrogen) atoms. The number of rotatable bonds is 8. The summed E-state index contributed by atoms with van der Waals surface area (Å²) in [6.45, 7) is 4.08. The van der Waals surface area contributed by atoms with Gasteiger partial charge in [-0.15, -0.1) is 0 Å². The maximum absolute atomic E-state index is 13.0. The van der Waals surface area contributed by atoms with Gasteiger partial charge in [0.2, 0.25) is 0 Å². The zero-order valence-corrected chi connectivity index (χ0v) is 19.6. The highest BCUT2D eigenvalue weighted by molar-refractivity contribution is 7.92. The van der Waals surface area contributed by atoms with Crippen molar-refractivity contribution < 1.29 is 13.2 Å². The van der Waals surface area contributed by atoms with Crippen molar-refractivity contribution in [3.8, 4) is 0 Å².